The quantitative estimate of drug-likeness (QED) is 0.143. The van der Waals surface area contributed by atoms with Crippen LogP contribution in [0.3, 0.4) is 0 Å². The van der Waals surface area contributed by atoms with Gasteiger partial charge in [0.25, 0.3) is 0 Å². The molecule has 0 saturated carbocycles. The Morgan fingerprint density at radius 3 is 2.27 bits per heavy atom. The summed E-state index contributed by atoms with van der Waals surface area (Å²) in [5.74, 6) is -1.17. The molecule has 48 heavy (non-hydrogen) atoms. The molecular weight excluding hydrogens is 628 g/mol. The molecule has 2 N–H and O–H groups in total. The first-order valence-corrected chi connectivity index (χ1v) is 21.8. The van der Waals surface area contributed by atoms with Gasteiger partial charge >= 0.3 is 0 Å². The third kappa shape index (κ3) is 10.4. The Bertz CT molecular complexity index is 1020. The SMILES string of the molecule is C=C[C@H](C)[C@@H]1OC(C)(C)O[C@@H]1[C@H]1O[C@]2(CC[C@@H]1OC)CC[C@H](C)[C@@H](C[C@@H](O)C[C@H](O)C[C@@H]1CCC[C@H](CCO[Si](C)(C)C(C)(C)C)O1)O2. The monoisotopic (exact) mass is 698 g/mol. The molecule has 1 spiro atoms. The lowest BCUT2D eigenvalue weighted by Gasteiger charge is -2.51. The molecule has 4 heterocycles. The lowest BCUT2D eigenvalue weighted by molar-refractivity contribution is -0.352. The number of ether oxygens (including phenoxy) is 6. The summed E-state index contributed by atoms with van der Waals surface area (Å²) in [7, 11) is -0.0520. The van der Waals surface area contributed by atoms with Gasteiger partial charge in [-0.15, -0.1) is 6.58 Å². The van der Waals surface area contributed by atoms with Crippen LogP contribution in [-0.4, -0.2) is 98.8 Å². The maximum atomic E-state index is 11.2. The predicted octanol–water partition coefficient (Wildman–Crippen LogP) is 7.28. The number of methoxy groups -OCH3 is 1. The molecule has 280 valence electrons. The first-order valence-electron chi connectivity index (χ1n) is 18.9. The van der Waals surface area contributed by atoms with E-state index < -0.39 is 32.1 Å². The van der Waals surface area contributed by atoms with Crippen LogP contribution in [0.2, 0.25) is 18.1 Å². The summed E-state index contributed by atoms with van der Waals surface area (Å²) in [5.41, 5.74) is 0. The Balaban J connectivity index is 1.29. The molecule has 0 aromatic heterocycles. The minimum absolute atomic E-state index is 0.00708. The summed E-state index contributed by atoms with van der Waals surface area (Å²) < 4.78 is 45.2. The van der Waals surface area contributed by atoms with Gasteiger partial charge in [0.1, 0.15) is 12.2 Å². The lowest BCUT2D eigenvalue weighted by atomic mass is 9.83. The van der Waals surface area contributed by atoms with Crippen LogP contribution in [0.5, 0.6) is 0 Å². The van der Waals surface area contributed by atoms with Gasteiger partial charge in [-0.1, -0.05) is 40.7 Å². The van der Waals surface area contributed by atoms with Gasteiger partial charge in [-0.2, -0.15) is 0 Å². The van der Waals surface area contributed by atoms with Crippen molar-refractivity contribution in [3.63, 3.8) is 0 Å². The maximum Gasteiger partial charge on any atom is 0.191 e. The molecule has 0 bridgehead atoms. The van der Waals surface area contributed by atoms with Gasteiger partial charge < -0.3 is 43.1 Å². The number of rotatable bonds is 14. The third-order valence-electron chi connectivity index (χ3n) is 11.9. The summed E-state index contributed by atoms with van der Waals surface area (Å²) in [5, 5.41) is 22.4. The average Bonchev–Trinajstić information content (AvgIpc) is 3.33. The third-order valence-corrected chi connectivity index (χ3v) is 16.5. The molecular formula is C38H70O9Si. The van der Waals surface area contributed by atoms with E-state index in [1.54, 1.807) is 7.11 Å². The highest BCUT2D eigenvalue weighted by atomic mass is 28.4. The molecule has 0 aromatic rings. The van der Waals surface area contributed by atoms with Crippen LogP contribution < -0.4 is 0 Å². The largest absolute Gasteiger partial charge is 0.417 e. The summed E-state index contributed by atoms with van der Waals surface area (Å²) >= 11 is 0. The Kier molecular flexibility index (Phi) is 13.9. The molecule has 0 aromatic carbocycles. The van der Waals surface area contributed by atoms with Crippen molar-refractivity contribution in [1.82, 2.24) is 0 Å². The van der Waals surface area contributed by atoms with Crippen LogP contribution in [0.25, 0.3) is 0 Å². The molecule has 4 fully saturated rings. The normalized spacial score (nSPS) is 38.1. The Morgan fingerprint density at radius 2 is 1.60 bits per heavy atom. The van der Waals surface area contributed by atoms with Crippen LogP contribution in [0.4, 0.5) is 0 Å². The van der Waals surface area contributed by atoms with Crippen LogP contribution in [-0.2, 0) is 32.8 Å². The van der Waals surface area contributed by atoms with Crippen molar-refractivity contribution in [2.45, 2.75) is 204 Å². The van der Waals surface area contributed by atoms with E-state index in [-0.39, 0.29) is 59.6 Å². The molecule has 4 rings (SSSR count). The molecule has 12 atom stereocenters. The van der Waals surface area contributed by atoms with E-state index in [2.05, 4.69) is 54.3 Å². The van der Waals surface area contributed by atoms with Crippen LogP contribution in [0.15, 0.2) is 12.7 Å². The molecule has 4 aliphatic rings. The van der Waals surface area contributed by atoms with Crippen molar-refractivity contribution < 1.29 is 43.1 Å². The Hall–Kier alpha value is -0.403. The molecule has 0 amide bonds. The van der Waals surface area contributed by atoms with Gasteiger partial charge in [-0.05, 0) is 95.7 Å². The van der Waals surface area contributed by atoms with Crippen molar-refractivity contribution in [3.05, 3.63) is 12.7 Å². The molecule has 9 nitrogen and oxygen atoms in total. The van der Waals surface area contributed by atoms with Crippen LogP contribution in [0, 0.1) is 11.8 Å². The highest BCUT2D eigenvalue weighted by Crippen LogP contribution is 2.46. The number of hydrogen-bond acceptors (Lipinski definition) is 9. The fourth-order valence-corrected chi connectivity index (χ4v) is 8.86. The van der Waals surface area contributed by atoms with Crippen molar-refractivity contribution in [3.8, 4) is 0 Å². The van der Waals surface area contributed by atoms with E-state index in [1.807, 2.05) is 19.9 Å². The smallest absolute Gasteiger partial charge is 0.191 e. The second-order valence-electron chi connectivity index (χ2n) is 17.4. The highest BCUT2D eigenvalue weighted by molar-refractivity contribution is 6.74. The first-order chi connectivity index (χ1) is 22.4. The van der Waals surface area contributed by atoms with E-state index in [9.17, 15) is 10.2 Å². The fraction of sp³-hybridized carbons (Fsp3) is 0.947. The zero-order valence-electron chi connectivity index (χ0n) is 31.9. The van der Waals surface area contributed by atoms with Gasteiger partial charge in [-0.25, -0.2) is 0 Å². The molecule has 0 radical (unpaired) electrons. The van der Waals surface area contributed by atoms with E-state index >= 15 is 0 Å². The number of hydrogen-bond donors (Lipinski definition) is 2. The van der Waals surface area contributed by atoms with Gasteiger partial charge in [0.05, 0.1) is 42.7 Å². The summed E-state index contributed by atoms with van der Waals surface area (Å²) in [6, 6.07) is 0. The van der Waals surface area contributed by atoms with Crippen LogP contribution >= 0.6 is 0 Å². The number of aliphatic hydroxyl groups is 2. The number of aliphatic hydroxyl groups excluding tert-OH is 2. The maximum absolute atomic E-state index is 11.2. The molecule has 4 aliphatic heterocycles. The van der Waals surface area contributed by atoms with Crippen molar-refractivity contribution in [1.29, 1.82) is 0 Å². The molecule has 4 saturated heterocycles. The van der Waals surface area contributed by atoms with E-state index in [0.29, 0.717) is 25.7 Å². The molecule has 0 unspecified atom stereocenters. The van der Waals surface area contributed by atoms with Gasteiger partial charge in [0.15, 0.2) is 19.9 Å². The minimum atomic E-state index is -1.78. The average molecular weight is 699 g/mol. The standard InChI is InChI=1S/C38H70O9Si/c1-12-25(2)33-35(46-37(7,8)45-33)34-31(41-9)17-20-38(47-34)19-16-26(3)32(44-38)24-28(40)22-27(39)23-30-15-13-14-29(43-30)18-21-42-48(10,11)36(4,5)6/h12,25-35,39-40H,1,13-24H2,2-11H3/t25-,26-,27-,28-,29+,30-,31-,32+,33-,34-,35-,38-/m0/s1. The van der Waals surface area contributed by atoms with Gasteiger partial charge in [-0.3, -0.25) is 0 Å². The predicted molar refractivity (Wildman–Crippen MR) is 190 cm³/mol. The van der Waals surface area contributed by atoms with Crippen LogP contribution in [0.1, 0.15) is 119 Å². The summed E-state index contributed by atoms with van der Waals surface area (Å²) in [4.78, 5) is 0. The lowest BCUT2D eigenvalue weighted by Crippen LogP contribution is -2.59. The van der Waals surface area contributed by atoms with Crippen molar-refractivity contribution in [2.75, 3.05) is 13.7 Å². The minimum Gasteiger partial charge on any atom is -0.417 e. The zero-order valence-corrected chi connectivity index (χ0v) is 32.9. The Morgan fingerprint density at radius 1 is 0.938 bits per heavy atom. The van der Waals surface area contributed by atoms with Gasteiger partial charge in [0.2, 0.25) is 0 Å². The van der Waals surface area contributed by atoms with Crippen molar-refractivity contribution >= 4 is 8.32 Å². The van der Waals surface area contributed by atoms with Gasteiger partial charge in [0, 0.05) is 32.5 Å². The second kappa shape index (κ2) is 16.5. The van der Waals surface area contributed by atoms with Crippen molar-refractivity contribution in [2.24, 2.45) is 11.8 Å². The molecule has 0 aliphatic carbocycles. The Labute approximate surface area is 292 Å². The summed E-state index contributed by atoms with van der Waals surface area (Å²) in [6.45, 7) is 24.2. The van der Waals surface area contributed by atoms with E-state index in [0.717, 1.165) is 51.6 Å². The second-order valence-corrected chi connectivity index (χ2v) is 22.2. The first kappa shape index (κ1) is 40.4. The van der Waals surface area contributed by atoms with E-state index in [1.165, 1.54) is 0 Å². The molecule has 10 heteroatoms. The zero-order chi connectivity index (χ0) is 35.5. The highest BCUT2D eigenvalue weighted by Gasteiger charge is 2.55. The summed E-state index contributed by atoms with van der Waals surface area (Å²) in [6.07, 6.45) is 7.97. The fourth-order valence-electron chi connectivity index (χ4n) is 7.79. The van der Waals surface area contributed by atoms with E-state index in [4.69, 9.17) is 32.8 Å². The topological polar surface area (TPSA) is 105 Å².